The van der Waals surface area contributed by atoms with E-state index < -0.39 is 29.8 Å². The first-order chi connectivity index (χ1) is 17.9. The Morgan fingerprint density at radius 3 is 2.50 bits per heavy atom. The molecule has 3 heterocycles. The third-order valence-corrected chi connectivity index (χ3v) is 7.55. The van der Waals surface area contributed by atoms with Crippen LogP contribution in [-0.2, 0) is 14.3 Å². The fourth-order valence-corrected chi connectivity index (χ4v) is 6.02. The van der Waals surface area contributed by atoms with E-state index in [1.54, 1.807) is 32.9 Å². The lowest BCUT2D eigenvalue weighted by atomic mass is 9.93. The highest BCUT2D eigenvalue weighted by atomic mass is 19.1. The summed E-state index contributed by atoms with van der Waals surface area (Å²) < 4.78 is 19.0. The molecule has 1 aromatic carbocycles. The molecule has 9 nitrogen and oxygen atoms in total. The van der Waals surface area contributed by atoms with Crippen molar-refractivity contribution in [2.75, 3.05) is 19.6 Å². The molecule has 0 radical (unpaired) electrons. The Morgan fingerprint density at radius 2 is 1.92 bits per heavy atom. The number of nitrogens with one attached hydrogen (secondary N) is 1. The lowest BCUT2D eigenvalue weighted by molar-refractivity contribution is -0.142. The third-order valence-electron chi connectivity index (χ3n) is 7.55. The quantitative estimate of drug-likeness (QED) is 0.584. The monoisotopic (exact) mass is 527 g/mol. The summed E-state index contributed by atoms with van der Waals surface area (Å²) in [7, 11) is 0. The Bertz CT molecular complexity index is 1100. The van der Waals surface area contributed by atoms with E-state index in [-0.39, 0.29) is 42.2 Å². The summed E-state index contributed by atoms with van der Waals surface area (Å²) in [6.45, 7) is 10.5. The number of halogens is 1. The summed E-state index contributed by atoms with van der Waals surface area (Å²) in [6.07, 6.45) is 1.24. The summed E-state index contributed by atoms with van der Waals surface area (Å²) in [5, 5.41) is 12.2. The second-order valence-electron chi connectivity index (χ2n) is 11.9. The van der Waals surface area contributed by atoms with E-state index in [0.717, 1.165) is 12.0 Å². The van der Waals surface area contributed by atoms with Gasteiger partial charge in [0.05, 0.1) is 18.2 Å². The molecule has 0 aromatic heterocycles. The van der Waals surface area contributed by atoms with Crippen molar-refractivity contribution in [3.8, 4) is 6.07 Å². The highest BCUT2D eigenvalue weighted by Gasteiger charge is 2.53. The maximum absolute atomic E-state index is 13.6. The molecule has 3 aliphatic rings. The molecule has 0 aliphatic carbocycles. The molecule has 0 saturated carbocycles. The van der Waals surface area contributed by atoms with Crippen LogP contribution in [0.1, 0.15) is 65.5 Å². The van der Waals surface area contributed by atoms with Crippen LogP contribution in [0.3, 0.4) is 0 Å². The second kappa shape index (κ2) is 10.9. The van der Waals surface area contributed by atoms with E-state index in [1.165, 1.54) is 17.0 Å². The molecule has 3 unspecified atom stereocenters. The van der Waals surface area contributed by atoms with Gasteiger partial charge in [0.15, 0.2) is 0 Å². The molecule has 1 N–H and O–H groups in total. The molecule has 10 heteroatoms. The van der Waals surface area contributed by atoms with E-state index in [0.29, 0.717) is 25.9 Å². The normalized spacial score (nSPS) is 25.0. The molecular weight excluding hydrogens is 489 g/mol. The molecule has 2 bridgehead atoms. The number of carbonyl (C=O) groups is 3. The van der Waals surface area contributed by atoms with Gasteiger partial charge < -0.3 is 19.9 Å². The van der Waals surface area contributed by atoms with E-state index in [9.17, 15) is 24.0 Å². The van der Waals surface area contributed by atoms with Crippen molar-refractivity contribution in [2.24, 2.45) is 5.92 Å². The minimum absolute atomic E-state index is 0.0242. The fourth-order valence-electron chi connectivity index (χ4n) is 6.02. The molecule has 206 valence electrons. The van der Waals surface area contributed by atoms with Gasteiger partial charge in [0.2, 0.25) is 11.8 Å². The van der Waals surface area contributed by atoms with Crippen LogP contribution in [0.5, 0.6) is 0 Å². The molecule has 3 amide bonds. The molecule has 3 aliphatic heterocycles. The van der Waals surface area contributed by atoms with Gasteiger partial charge in [-0.3, -0.25) is 14.5 Å². The number of hydrogen-bond acceptors (Lipinski definition) is 6. The number of alkyl carbamates (subject to hydrolysis) is 1. The zero-order valence-electron chi connectivity index (χ0n) is 22.8. The number of ether oxygens (including phenoxy) is 1. The molecular formula is C28H38FN5O4. The molecule has 4 rings (SSSR count). The van der Waals surface area contributed by atoms with Gasteiger partial charge >= 0.3 is 6.09 Å². The smallest absolute Gasteiger partial charge is 0.408 e. The van der Waals surface area contributed by atoms with Crippen LogP contribution in [0.15, 0.2) is 24.3 Å². The van der Waals surface area contributed by atoms with Crippen LogP contribution in [-0.4, -0.2) is 82.0 Å². The van der Waals surface area contributed by atoms with Gasteiger partial charge in [-0.15, -0.1) is 0 Å². The third kappa shape index (κ3) is 5.78. The SMILES string of the molecule is CC(C)[C@@H](c1ccc(F)cc1)N1C(=O)C2C[C@H]1CN2CC(NC(=O)OC(C)(C)C)C(=O)N1CCCC1C#N. The molecule has 1 aromatic rings. The van der Waals surface area contributed by atoms with E-state index in [2.05, 4.69) is 11.4 Å². The van der Waals surface area contributed by atoms with Crippen LogP contribution < -0.4 is 5.32 Å². The molecule has 3 saturated heterocycles. The Morgan fingerprint density at radius 1 is 1.24 bits per heavy atom. The van der Waals surface area contributed by atoms with E-state index in [4.69, 9.17) is 4.74 Å². The summed E-state index contributed by atoms with van der Waals surface area (Å²) in [5.41, 5.74) is 0.153. The van der Waals surface area contributed by atoms with Crippen LogP contribution in [0.4, 0.5) is 9.18 Å². The van der Waals surface area contributed by atoms with Gasteiger partial charge in [0.25, 0.3) is 0 Å². The number of fused-ring (bicyclic) bond motifs is 2. The lowest BCUT2D eigenvalue weighted by Crippen LogP contribution is -2.59. The van der Waals surface area contributed by atoms with Crippen molar-refractivity contribution >= 4 is 17.9 Å². The zero-order valence-corrected chi connectivity index (χ0v) is 22.8. The first kappa shape index (κ1) is 27.8. The van der Waals surface area contributed by atoms with Crippen LogP contribution in [0, 0.1) is 23.1 Å². The summed E-state index contributed by atoms with van der Waals surface area (Å²) in [6, 6.07) is 6.36. The number of nitriles is 1. The van der Waals surface area contributed by atoms with Gasteiger partial charge in [0, 0.05) is 25.7 Å². The maximum atomic E-state index is 13.6. The van der Waals surface area contributed by atoms with Crippen molar-refractivity contribution in [2.45, 2.75) is 89.7 Å². The zero-order chi connectivity index (χ0) is 27.8. The maximum Gasteiger partial charge on any atom is 0.408 e. The molecule has 3 fully saturated rings. The van der Waals surface area contributed by atoms with Crippen LogP contribution in [0.2, 0.25) is 0 Å². The van der Waals surface area contributed by atoms with Crippen LogP contribution in [0.25, 0.3) is 0 Å². The number of likely N-dealkylation sites (tertiary alicyclic amines) is 3. The number of nitrogens with zero attached hydrogens (tertiary/aromatic N) is 4. The average Bonchev–Trinajstić information content (AvgIpc) is 3.54. The molecule has 5 atom stereocenters. The van der Waals surface area contributed by atoms with Crippen molar-refractivity contribution < 1.29 is 23.5 Å². The van der Waals surface area contributed by atoms with Gasteiger partial charge in [0.1, 0.15) is 23.5 Å². The lowest BCUT2D eigenvalue weighted by Gasteiger charge is -2.41. The average molecular weight is 528 g/mol. The predicted molar refractivity (Wildman–Crippen MR) is 138 cm³/mol. The minimum Gasteiger partial charge on any atom is -0.444 e. The highest BCUT2D eigenvalue weighted by Crippen LogP contribution is 2.41. The summed E-state index contributed by atoms with van der Waals surface area (Å²) in [5.74, 6) is -0.554. The van der Waals surface area contributed by atoms with E-state index in [1.807, 2.05) is 23.6 Å². The second-order valence-corrected chi connectivity index (χ2v) is 11.9. The topological polar surface area (TPSA) is 106 Å². The van der Waals surface area contributed by atoms with Gasteiger partial charge in [-0.05, 0) is 63.6 Å². The van der Waals surface area contributed by atoms with Crippen molar-refractivity contribution in [1.29, 1.82) is 5.26 Å². The first-order valence-electron chi connectivity index (χ1n) is 13.4. The van der Waals surface area contributed by atoms with Crippen molar-refractivity contribution in [3.63, 3.8) is 0 Å². The van der Waals surface area contributed by atoms with Crippen molar-refractivity contribution in [1.82, 2.24) is 20.0 Å². The number of carbonyl (C=O) groups excluding carboxylic acids is 3. The van der Waals surface area contributed by atoms with Gasteiger partial charge in [-0.1, -0.05) is 26.0 Å². The summed E-state index contributed by atoms with van der Waals surface area (Å²) >= 11 is 0. The Balaban J connectivity index is 1.51. The first-order valence-corrected chi connectivity index (χ1v) is 13.4. The Kier molecular flexibility index (Phi) is 7.98. The van der Waals surface area contributed by atoms with Gasteiger partial charge in [-0.25, -0.2) is 9.18 Å². The highest BCUT2D eigenvalue weighted by molar-refractivity contribution is 5.88. The largest absolute Gasteiger partial charge is 0.444 e. The Hall–Kier alpha value is -3.19. The van der Waals surface area contributed by atoms with Crippen molar-refractivity contribution in [3.05, 3.63) is 35.6 Å². The molecule has 0 spiro atoms. The fraction of sp³-hybridized carbons (Fsp3) is 0.643. The number of amides is 3. The number of rotatable bonds is 7. The van der Waals surface area contributed by atoms with Gasteiger partial charge in [-0.2, -0.15) is 5.26 Å². The standard InChI is InChI=1S/C28H38FN5O4/c1-17(2)24(18-8-10-19(29)11-9-18)34-21-13-23(26(34)36)32(15-21)16-22(31-27(37)38-28(3,4)5)25(35)33-12-6-7-20(33)14-30/h8-11,17,20-24H,6-7,12-13,15-16H2,1-5H3,(H,31,37)/t20?,21-,22?,23?,24-/m0/s1. The Labute approximate surface area is 223 Å². The van der Waals surface area contributed by atoms with Crippen LogP contribution >= 0.6 is 0 Å². The number of piperazine rings is 1. The predicted octanol–water partition coefficient (Wildman–Crippen LogP) is 3.22. The summed E-state index contributed by atoms with van der Waals surface area (Å²) in [4.78, 5) is 45.2. The molecule has 38 heavy (non-hydrogen) atoms. The number of hydrogen-bond donors (Lipinski definition) is 1. The number of benzene rings is 1. The van der Waals surface area contributed by atoms with E-state index >= 15 is 0 Å². The minimum atomic E-state index is -0.947.